The molecule has 0 aromatic heterocycles. The molecule has 14 heavy (non-hydrogen) atoms. The predicted octanol–water partition coefficient (Wildman–Crippen LogP) is 2.62. The van der Waals surface area contributed by atoms with Crippen molar-refractivity contribution in [3.05, 3.63) is 29.8 Å². The maximum absolute atomic E-state index is 11.1. The van der Waals surface area contributed by atoms with Gasteiger partial charge in [-0.1, -0.05) is 12.1 Å². The highest BCUT2D eigenvalue weighted by Gasteiger charge is 1.99. The van der Waals surface area contributed by atoms with Crippen molar-refractivity contribution in [2.24, 2.45) is 0 Å². The van der Waals surface area contributed by atoms with Crippen LogP contribution in [0.3, 0.4) is 0 Å². The Hall–Kier alpha value is -0.960. The highest BCUT2D eigenvalue weighted by atomic mass is 32.1. The Morgan fingerprint density at radius 3 is 2.93 bits per heavy atom. The zero-order valence-corrected chi connectivity index (χ0v) is 9.18. The second-order valence-electron chi connectivity index (χ2n) is 3.14. The monoisotopic (exact) mass is 209 g/mol. The second kappa shape index (κ2) is 5.70. The van der Waals surface area contributed by atoms with Gasteiger partial charge in [-0.3, -0.25) is 4.79 Å². The number of benzene rings is 1. The Balaban J connectivity index is 2.59. The molecule has 0 amide bonds. The average molecular weight is 209 g/mol. The van der Waals surface area contributed by atoms with Crippen molar-refractivity contribution in [3.63, 3.8) is 0 Å². The third-order valence-electron chi connectivity index (χ3n) is 1.93. The molecule has 0 radical (unpaired) electrons. The standard InChI is InChI=1S/C11H15NOS/c1-9(13)10-4-2-5-11(8-10)12-6-3-7-14/h2,4-5,8,12,14H,3,6-7H2,1H3. The van der Waals surface area contributed by atoms with Crippen molar-refractivity contribution in [3.8, 4) is 0 Å². The largest absolute Gasteiger partial charge is 0.385 e. The normalized spacial score (nSPS) is 9.86. The van der Waals surface area contributed by atoms with Crippen LogP contribution in [0.15, 0.2) is 24.3 Å². The number of hydrogen-bond acceptors (Lipinski definition) is 3. The number of anilines is 1. The maximum Gasteiger partial charge on any atom is 0.159 e. The van der Waals surface area contributed by atoms with Crippen LogP contribution in [0.25, 0.3) is 0 Å². The molecule has 0 fully saturated rings. The molecule has 1 rings (SSSR count). The first-order valence-corrected chi connectivity index (χ1v) is 5.33. The van der Waals surface area contributed by atoms with Crippen LogP contribution >= 0.6 is 12.6 Å². The molecule has 0 atom stereocenters. The fraction of sp³-hybridized carbons (Fsp3) is 0.364. The summed E-state index contributed by atoms with van der Waals surface area (Å²) in [5.41, 5.74) is 1.75. The lowest BCUT2D eigenvalue weighted by Gasteiger charge is -2.05. The van der Waals surface area contributed by atoms with E-state index in [4.69, 9.17) is 0 Å². The predicted molar refractivity (Wildman–Crippen MR) is 63.4 cm³/mol. The fourth-order valence-electron chi connectivity index (χ4n) is 1.16. The Morgan fingerprint density at radius 1 is 1.50 bits per heavy atom. The number of Topliss-reactive ketones (excluding diaryl/α,β-unsaturated/α-hetero) is 1. The van der Waals surface area contributed by atoms with Gasteiger partial charge in [0.2, 0.25) is 0 Å². The van der Waals surface area contributed by atoms with E-state index < -0.39 is 0 Å². The van der Waals surface area contributed by atoms with E-state index in [0.717, 1.165) is 30.0 Å². The molecule has 0 saturated carbocycles. The van der Waals surface area contributed by atoms with E-state index in [1.54, 1.807) is 6.92 Å². The molecule has 1 aromatic carbocycles. The number of thiol groups is 1. The summed E-state index contributed by atoms with van der Waals surface area (Å²) in [6.45, 7) is 2.47. The van der Waals surface area contributed by atoms with Crippen LogP contribution in [0.2, 0.25) is 0 Å². The molecule has 76 valence electrons. The number of rotatable bonds is 5. The lowest BCUT2D eigenvalue weighted by atomic mass is 10.1. The number of nitrogens with one attached hydrogen (secondary N) is 1. The minimum Gasteiger partial charge on any atom is -0.385 e. The molecule has 0 aliphatic carbocycles. The third kappa shape index (κ3) is 3.42. The van der Waals surface area contributed by atoms with Gasteiger partial charge in [-0.25, -0.2) is 0 Å². The number of carbonyl (C=O) groups is 1. The van der Waals surface area contributed by atoms with E-state index in [-0.39, 0.29) is 5.78 Å². The first-order valence-electron chi connectivity index (χ1n) is 4.70. The summed E-state index contributed by atoms with van der Waals surface area (Å²) in [7, 11) is 0. The molecule has 1 aromatic rings. The van der Waals surface area contributed by atoms with Crippen LogP contribution in [-0.2, 0) is 0 Å². The van der Waals surface area contributed by atoms with Crippen molar-refractivity contribution < 1.29 is 4.79 Å². The molecule has 2 nitrogen and oxygen atoms in total. The van der Waals surface area contributed by atoms with Gasteiger partial charge in [0.25, 0.3) is 0 Å². The maximum atomic E-state index is 11.1. The van der Waals surface area contributed by atoms with Gasteiger partial charge in [-0.2, -0.15) is 12.6 Å². The van der Waals surface area contributed by atoms with Crippen molar-refractivity contribution in [2.45, 2.75) is 13.3 Å². The Kier molecular flexibility index (Phi) is 4.53. The number of carbonyl (C=O) groups excluding carboxylic acids is 1. The van der Waals surface area contributed by atoms with E-state index >= 15 is 0 Å². The van der Waals surface area contributed by atoms with Gasteiger partial charge in [-0.05, 0) is 31.2 Å². The van der Waals surface area contributed by atoms with Gasteiger partial charge in [0, 0.05) is 17.8 Å². The average Bonchev–Trinajstić information content (AvgIpc) is 2.19. The van der Waals surface area contributed by atoms with Gasteiger partial charge < -0.3 is 5.32 Å². The van der Waals surface area contributed by atoms with Crippen LogP contribution in [0.5, 0.6) is 0 Å². The molecule has 0 bridgehead atoms. The van der Waals surface area contributed by atoms with Crippen molar-refractivity contribution in [1.29, 1.82) is 0 Å². The Morgan fingerprint density at radius 2 is 2.29 bits per heavy atom. The zero-order valence-electron chi connectivity index (χ0n) is 8.29. The molecule has 0 saturated heterocycles. The highest BCUT2D eigenvalue weighted by molar-refractivity contribution is 7.80. The van der Waals surface area contributed by atoms with E-state index in [1.165, 1.54) is 0 Å². The minimum absolute atomic E-state index is 0.0999. The summed E-state index contributed by atoms with van der Waals surface area (Å²) >= 11 is 4.13. The number of ketones is 1. The SMILES string of the molecule is CC(=O)c1cccc(NCCCS)c1. The molecule has 0 unspecified atom stereocenters. The van der Waals surface area contributed by atoms with Gasteiger partial charge in [0.05, 0.1) is 0 Å². The third-order valence-corrected chi connectivity index (χ3v) is 2.25. The van der Waals surface area contributed by atoms with Crippen molar-refractivity contribution >= 4 is 24.1 Å². The van der Waals surface area contributed by atoms with Crippen molar-refractivity contribution in [1.82, 2.24) is 0 Å². The first kappa shape index (κ1) is 11.1. The first-order chi connectivity index (χ1) is 6.74. The molecule has 0 spiro atoms. The smallest absolute Gasteiger partial charge is 0.159 e. The number of hydrogen-bond donors (Lipinski definition) is 2. The van der Waals surface area contributed by atoms with E-state index in [2.05, 4.69) is 17.9 Å². The van der Waals surface area contributed by atoms with Gasteiger partial charge in [0.15, 0.2) is 5.78 Å². The summed E-state index contributed by atoms with van der Waals surface area (Å²) in [6, 6.07) is 7.55. The molecule has 3 heteroatoms. The molecule has 0 aliphatic rings. The summed E-state index contributed by atoms with van der Waals surface area (Å²) in [4.78, 5) is 11.1. The van der Waals surface area contributed by atoms with Gasteiger partial charge in [0.1, 0.15) is 0 Å². The van der Waals surface area contributed by atoms with E-state index in [9.17, 15) is 4.79 Å². The zero-order chi connectivity index (χ0) is 10.4. The van der Waals surface area contributed by atoms with E-state index in [1.807, 2.05) is 24.3 Å². The summed E-state index contributed by atoms with van der Waals surface area (Å²) in [5.74, 6) is 0.974. The summed E-state index contributed by atoms with van der Waals surface area (Å²) in [6.07, 6.45) is 1.02. The van der Waals surface area contributed by atoms with Crippen LogP contribution < -0.4 is 5.32 Å². The van der Waals surface area contributed by atoms with Crippen molar-refractivity contribution in [2.75, 3.05) is 17.6 Å². The summed E-state index contributed by atoms with van der Waals surface area (Å²) in [5, 5.41) is 3.24. The molecule has 0 heterocycles. The fourth-order valence-corrected chi connectivity index (χ4v) is 1.32. The van der Waals surface area contributed by atoms with Crippen LogP contribution in [0, 0.1) is 0 Å². The van der Waals surface area contributed by atoms with Gasteiger partial charge >= 0.3 is 0 Å². The molecule has 1 N–H and O–H groups in total. The van der Waals surface area contributed by atoms with Crippen LogP contribution in [-0.4, -0.2) is 18.1 Å². The molecular formula is C11H15NOS. The highest BCUT2D eigenvalue weighted by Crippen LogP contribution is 2.10. The lowest BCUT2D eigenvalue weighted by Crippen LogP contribution is -2.03. The van der Waals surface area contributed by atoms with Crippen LogP contribution in [0.1, 0.15) is 23.7 Å². The topological polar surface area (TPSA) is 29.1 Å². The lowest BCUT2D eigenvalue weighted by molar-refractivity contribution is 0.101. The van der Waals surface area contributed by atoms with Crippen LogP contribution in [0.4, 0.5) is 5.69 Å². The molecule has 0 aliphatic heterocycles. The van der Waals surface area contributed by atoms with Gasteiger partial charge in [-0.15, -0.1) is 0 Å². The Bertz CT molecular complexity index is 312. The molecular weight excluding hydrogens is 194 g/mol. The van der Waals surface area contributed by atoms with E-state index in [0.29, 0.717) is 0 Å². The Labute approximate surface area is 90.1 Å². The quantitative estimate of drug-likeness (QED) is 0.443. The second-order valence-corrected chi connectivity index (χ2v) is 3.59. The summed E-state index contributed by atoms with van der Waals surface area (Å²) < 4.78 is 0. The minimum atomic E-state index is 0.0999.